The molecule has 1 fully saturated rings. The number of allylic oxidation sites excluding steroid dienone is 1. The molecule has 0 aromatic carbocycles. The van der Waals surface area contributed by atoms with E-state index >= 15 is 0 Å². The van der Waals surface area contributed by atoms with Gasteiger partial charge in [-0.2, -0.15) is 0 Å². The molecule has 0 amide bonds. The molecule has 0 atom stereocenters. The first-order valence-electron chi connectivity index (χ1n) is 2.93. The van der Waals surface area contributed by atoms with E-state index in [1.165, 1.54) is 24.8 Å². The van der Waals surface area contributed by atoms with Crippen LogP contribution in [0.1, 0.15) is 26.2 Å². The SMILES string of the molecule is C=C(C)CC1CC1. The zero-order valence-electron chi connectivity index (χ0n) is 4.91. The van der Waals surface area contributed by atoms with E-state index in [2.05, 4.69) is 13.5 Å². The average molecular weight is 96.2 g/mol. The van der Waals surface area contributed by atoms with Crippen LogP contribution in [0.5, 0.6) is 0 Å². The Labute approximate surface area is 45.2 Å². The summed E-state index contributed by atoms with van der Waals surface area (Å²) in [6.45, 7) is 5.94. The van der Waals surface area contributed by atoms with Gasteiger partial charge in [0.05, 0.1) is 0 Å². The van der Waals surface area contributed by atoms with E-state index in [-0.39, 0.29) is 0 Å². The van der Waals surface area contributed by atoms with Crippen molar-refractivity contribution >= 4 is 0 Å². The second-order valence-corrected chi connectivity index (χ2v) is 2.60. The minimum atomic E-state index is 1.03. The highest BCUT2D eigenvalue weighted by atomic mass is 14.3. The molecule has 0 bridgehead atoms. The summed E-state index contributed by atoms with van der Waals surface area (Å²) in [7, 11) is 0. The standard InChI is InChI=1S/C7H12/c1-6(2)5-7-3-4-7/h7H,1,3-5H2,2H3. The van der Waals surface area contributed by atoms with Gasteiger partial charge in [0.1, 0.15) is 0 Å². The Morgan fingerprint density at radius 3 is 2.43 bits per heavy atom. The third-order valence-corrected chi connectivity index (χ3v) is 1.33. The fraction of sp³-hybridized carbons (Fsp3) is 0.714. The minimum absolute atomic E-state index is 1.03. The average Bonchev–Trinajstić information content (AvgIpc) is 2.17. The first kappa shape index (κ1) is 4.89. The minimum Gasteiger partial charge on any atom is -0.100 e. The van der Waals surface area contributed by atoms with Crippen molar-refractivity contribution in [3.8, 4) is 0 Å². The Kier molecular flexibility index (Phi) is 1.18. The summed E-state index contributed by atoms with van der Waals surface area (Å²) in [6, 6.07) is 0. The van der Waals surface area contributed by atoms with E-state index in [0.717, 1.165) is 5.92 Å². The molecule has 1 aliphatic carbocycles. The number of rotatable bonds is 2. The van der Waals surface area contributed by atoms with Crippen molar-refractivity contribution in [3.05, 3.63) is 12.2 Å². The maximum Gasteiger partial charge on any atom is -0.0297 e. The van der Waals surface area contributed by atoms with Gasteiger partial charge in [0.15, 0.2) is 0 Å². The first-order valence-corrected chi connectivity index (χ1v) is 2.93. The normalized spacial score (nSPS) is 19.6. The largest absolute Gasteiger partial charge is 0.100 e. The molecule has 0 radical (unpaired) electrons. The van der Waals surface area contributed by atoms with Crippen molar-refractivity contribution in [1.82, 2.24) is 0 Å². The number of hydrogen-bond acceptors (Lipinski definition) is 0. The van der Waals surface area contributed by atoms with E-state index in [0.29, 0.717) is 0 Å². The van der Waals surface area contributed by atoms with Gasteiger partial charge < -0.3 is 0 Å². The molecule has 0 N–H and O–H groups in total. The summed E-state index contributed by atoms with van der Waals surface area (Å²) < 4.78 is 0. The highest BCUT2D eigenvalue weighted by molar-refractivity contribution is 4.94. The lowest BCUT2D eigenvalue weighted by Crippen LogP contribution is -1.73. The monoisotopic (exact) mass is 96.1 g/mol. The van der Waals surface area contributed by atoms with Crippen LogP contribution in [-0.4, -0.2) is 0 Å². The van der Waals surface area contributed by atoms with E-state index in [1.807, 2.05) is 0 Å². The van der Waals surface area contributed by atoms with Gasteiger partial charge in [0.25, 0.3) is 0 Å². The quantitative estimate of drug-likeness (QED) is 0.463. The smallest absolute Gasteiger partial charge is 0.0297 e. The van der Waals surface area contributed by atoms with E-state index < -0.39 is 0 Å². The lowest BCUT2D eigenvalue weighted by Gasteiger charge is -1.90. The van der Waals surface area contributed by atoms with Gasteiger partial charge in [-0.1, -0.05) is 5.57 Å². The lowest BCUT2D eigenvalue weighted by molar-refractivity contribution is 0.823. The van der Waals surface area contributed by atoms with Crippen molar-refractivity contribution in [2.24, 2.45) is 5.92 Å². The van der Waals surface area contributed by atoms with Gasteiger partial charge in [-0.05, 0) is 32.1 Å². The predicted octanol–water partition coefficient (Wildman–Crippen LogP) is 2.36. The molecule has 0 saturated heterocycles. The van der Waals surface area contributed by atoms with Gasteiger partial charge >= 0.3 is 0 Å². The molecule has 1 saturated carbocycles. The fourth-order valence-corrected chi connectivity index (χ4v) is 0.815. The van der Waals surface area contributed by atoms with Gasteiger partial charge in [-0.15, -0.1) is 6.58 Å². The van der Waals surface area contributed by atoms with Crippen LogP contribution in [0.3, 0.4) is 0 Å². The lowest BCUT2D eigenvalue weighted by atomic mass is 10.2. The first-order chi connectivity index (χ1) is 3.29. The highest BCUT2D eigenvalue weighted by Gasteiger charge is 2.20. The molecule has 0 nitrogen and oxygen atoms in total. The van der Waals surface area contributed by atoms with E-state index in [9.17, 15) is 0 Å². The zero-order chi connectivity index (χ0) is 5.28. The third kappa shape index (κ3) is 1.77. The summed E-state index contributed by atoms with van der Waals surface area (Å²) in [4.78, 5) is 0. The van der Waals surface area contributed by atoms with Crippen LogP contribution in [0.2, 0.25) is 0 Å². The summed E-state index contributed by atoms with van der Waals surface area (Å²) in [5, 5.41) is 0. The van der Waals surface area contributed by atoms with Gasteiger partial charge in [-0.3, -0.25) is 0 Å². The molecule has 0 aliphatic heterocycles. The molecule has 0 spiro atoms. The van der Waals surface area contributed by atoms with Gasteiger partial charge in [0.2, 0.25) is 0 Å². The Balaban J connectivity index is 2.08. The van der Waals surface area contributed by atoms with Crippen LogP contribution in [0.15, 0.2) is 12.2 Å². The van der Waals surface area contributed by atoms with Crippen molar-refractivity contribution < 1.29 is 0 Å². The summed E-state index contributed by atoms with van der Waals surface area (Å²) in [6.07, 6.45) is 4.18. The molecule has 0 unspecified atom stereocenters. The molecular formula is C7H12. The Morgan fingerprint density at radius 2 is 2.29 bits per heavy atom. The van der Waals surface area contributed by atoms with Crippen LogP contribution in [0.4, 0.5) is 0 Å². The highest BCUT2D eigenvalue weighted by Crippen LogP contribution is 2.34. The molecule has 1 rings (SSSR count). The van der Waals surface area contributed by atoms with Crippen LogP contribution in [-0.2, 0) is 0 Å². The molecule has 40 valence electrons. The van der Waals surface area contributed by atoms with Crippen LogP contribution in [0, 0.1) is 5.92 Å². The fourth-order valence-electron chi connectivity index (χ4n) is 0.815. The molecule has 0 heterocycles. The topological polar surface area (TPSA) is 0 Å². The van der Waals surface area contributed by atoms with Crippen molar-refractivity contribution in [2.45, 2.75) is 26.2 Å². The molecule has 1 aliphatic rings. The summed E-state index contributed by atoms with van der Waals surface area (Å²) >= 11 is 0. The maximum atomic E-state index is 3.84. The predicted molar refractivity (Wildman–Crippen MR) is 32.2 cm³/mol. The van der Waals surface area contributed by atoms with E-state index in [1.54, 1.807) is 0 Å². The molecular weight excluding hydrogens is 84.1 g/mol. The molecule has 0 heteroatoms. The Bertz CT molecular complexity index is 78.0. The van der Waals surface area contributed by atoms with Gasteiger partial charge in [-0.25, -0.2) is 0 Å². The summed E-state index contributed by atoms with van der Waals surface area (Å²) in [5.41, 5.74) is 1.35. The zero-order valence-corrected chi connectivity index (χ0v) is 4.91. The van der Waals surface area contributed by atoms with Gasteiger partial charge in [0, 0.05) is 0 Å². The van der Waals surface area contributed by atoms with Crippen LogP contribution < -0.4 is 0 Å². The summed E-state index contributed by atoms with van der Waals surface area (Å²) in [5.74, 6) is 1.03. The van der Waals surface area contributed by atoms with Crippen LogP contribution in [0.25, 0.3) is 0 Å². The van der Waals surface area contributed by atoms with Crippen LogP contribution >= 0.6 is 0 Å². The second kappa shape index (κ2) is 1.69. The van der Waals surface area contributed by atoms with Crippen molar-refractivity contribution in [3.63, 3.8) is 0 Å². The molecule has 7 heavy (non-hydrogen) atoms. The van der Waals surface area contributed by atoms with E-state index in [4.69, 9.17) is 0 Å². The molecule has 0 aromatic rings. The maximum absolute atomic E-state index is 3.84. The second-order valence-electron chi connectivity index (χ2n) is 2.60. The molecule has 0 aromatic heterocycles. The van der Waals surface area contributed by atoms with Crippen molar-refractivity contribution in [2.75, 3.05) is 0 Å². The Hall–Kier alpha value is -0.260. The number of hydrogen-bond donors (Lipinski definition) is 0. The Morgan fingerprint density at radius 1 is 1.71 bits per heavy atom. The van der Waals surface area contributed by atoms with Crippen molar-refractivity contribution in [1.29, 1.82) is 0 Å². The third-order valence-electron chi connectivity index (χ3n) is 1.33.